The number of hydrogen-bond acceptors (Lipinski definition) is 2. The van der Waals surface area contributed by atoms with Crippen LogP contribution in [0.15, 0.2) is 34.8 Å². The third kappa shape index (κ3) is 3.57. The van der Waals surface area contributed by atoms with Crippen LogP contribution < -0.4 is 10.5 Å². The summed E-state index contributed by atoms with van der Waals surface area (Å²) < 4.78 is 46.2. The van der Waals surface area contributed by atoms with E-state index in [1.807, 2.05) is 0 Å². The lowest BCUT2D eigenvalue weighted by molar-refractivity contribution is 0.287. The van der Waals surface area contributed by atoms with Crippen molar-refractivity contribution < 1.29 is 17.9 Å². The van der Waals surface area contributed by atoms with E-state index in [2.05, 4.69) is 15.9 Å². The van der Waals surface area contributed by atoms with E-state index < -0.39 is 23.5 Å². The van der Waals surface area contributed by atoms with Crippen molar-refractivity contribution in [3.05, 3.63) is 63.4 Å². The molecule has 112 valence electrons. The molecule has 0 aliphatic heterocycles. The van der Waals surface area contributed by atoms with Gasteiger partial charge in [0.1, 0.15) is 29.8 Å². The summed E-state index contributed by atoms with van der Waals surface area (Å²) in [5.74, 6) is -1.58. The Morgan fingerprint density at radius 1 is 1.19 bits per heavy atom. The summed E-state index contributed by atoms with van der Waals surface area (Å²) >= 11 is 2.99. The van der Waals surface area contributed by atoms with Crippen molar-refractivity contribution in [2.75, 3.05) is 0 Å². The quantitative estimate of drug-likeness (QED) is 0.817. The van der Waals surface area contributed by atoms with Crippen LogP contribution in [0, 0.1) is 17.5 Å². The summed E-state index contributed by atoms with van der Waals surface area (Å²) in [7, 11) is 0. The maximum atomic E-state index is 13.8. The second kappa shape index (κ2) is 6.49. The van der Waals surface area contributed by atoms with Gasteiger partial charge in [0, 0.05) is 11.6 Å². The smallest absolute Gasteiger partial charge is 0.146 e. The standard InChI is InChI=1S/C15H13BrF3NO/c1-8(20)10-6-9(17)2-5-14(10)21-7-11-13(18)4-3-12(16)15(11)19/h2-6,8H,7,20H2,1H3/t8-/m1/s1. The van der Waals surface area contributed by atoms with E-state index in [0.717, 1.165) is 6.07 Å². The van der Waals surface area contributed by atoms with Crippen LogP contribution in [-0.2, 0) is 6.61 Å². The van der Waals surface area contributed by atoms with Crippen LogP contribution in [-0.4, -0.2) is 0 Å². The van der Waals surface area contributed by atoms with Gasteiger partial charge in [-0.25, -0.2) is 13.2 Å². The van der Waals surface area contributed by atoms with E-state index >= 15 is 0 Å². The molecule has 0 heterocycles. The molecule has 21 heavy (non-hydrogen) atoms. The van der Waals surface area contributed by atoms with E-state index in [-0.39, 0.29) is 16.6 Å². The number of ether oxygens (including phenoxy) is 1. The number of benzene rings is 2. The lowest BCUT2D eigenvalue weighted by Gasteiger charge is -2.15. The fourth-order valence-corrected chi connectivity index (χ4v) is 2.23. The molecule has 0 saturated heterocycles. The Labute approximate surface area is 128 Å². The predicted octanol–water partition coefficient (Wildman–Crippen LogP) is 4.47. The summed E-state index contributed by atoms with van der Waals surface area (Å²) in [6.45, 7) is 1.35. The molecule has 2 nitrogen and oxygen atoms in total. The fraction of sp³-hybridized carbons (Fsp3) is 0.200. The molecule has 2 aromatic rings. The molecule has 0 unspecified atom stereocenters. The highest BCUT2D eigenvalue weighted by Crippen LogP contribution is 2.27. The van der Waals surface area contributed by atoms with Crippen LogP contribution in [0.5, 0.6) is 5.75 Å². The first-order valence-electron chi connectivity index (χ1n) is 6.20. The number of halogens is 4. The van der Waals surface area contributed by atoms with E-state index in [0.29, 0.717) is 11.3 Å². The number of rotatable bonds is 4. The topological polar surface area (TPSA) is 35.2 Å². The van der Waals surface area contributed by atoms with Crippen LogP contribution in [0.4, 0.5) is 13.2 Å². The van der Waals surface area contributed by atoms with Crippen molar-refractivity contribution in [3.63, 3.8) is 0 Å². The summed E-state index contributed by atoms with van der Waals surface area (Å²) in [6, 6.07) is 5.79. The molecule has 0 amide bonds. The molecule has 0 aliphatic carbocycles. The van der Waals surface area contributed by atoms with Crippen molar-refractivity contribution in [1.29, 1.82) is 0 Å². The monoisotopic (exact) mass is 359 g/mol. The molecule has 0 spiro atoms. The van der Waals surface area contributed by atoms with Crippen LogP contribution in [0.3, 0.4) is 0 Å². The average Bonchev–Trinajstić information content (AvgIpc) is 2.44. The first-order chi connectivity index (χ1) is 9.90. The van der Waals surface area contributed by atoms with E-state index in [1.54, 1.807) is 6.92 Å². The molecule has 0 bridgehead atoms. The molecule has 6 heteroatoms. The molecule has 0 aromatic heterocycles. The highest BCUT2D eigenvalue weighted by atomic mass is 79.9. The van der Waals surface area contributed by atoms with Crippen LogP contribution >= 0.6 is 15.9 Å². The lowest BCUT2D eigenvalue weighted by Crippen LogP contribution is -2.09. The third-order valence-electron chi connectivity index (χ3n) is 2.97. The highest BCUT2D eigenvalue weighted by Gasteiger charge is 2.15. The highest BCUT2D eigenvalue weighted by molar-refractivity contribution is 9.10. The largest absolute Gasteiger partial charge is 0.488 e. The summed E-state index contributed by atoms with van der Waals surface area (Å²) in [6.07, 6.45) is 0. The van der Waals surface area contributed by atoms with Gasteiger partial charge in [-0.05, 0) is 53.2 Å². The normalized spacial score (nSPS) is 12.3. The Kier molecular flexibility index (Phi) is 4.90. The third-order valence-corrected chi connectivity index (χ3v) is 3.59. The molecule has 2 aromatic carbocycles. The van der Waals surface area contributed by atoms with Gasteiger partial charge in [-0.2, -0.15) is 0 Å². The number of nitrogens with two attached hydrogens (primary N) is 1. The van der Waals surface area contributed by atoms with Gasteiger partial charge in [0.2, 0.25) is 0 Å². The molecule has 0 fully saturated rings. The zero-order valence-electron chi connectivity index (χ0n) is 11.2. The minimum Gasteiger partial charge on any atom is -0.488 e. The summed E-state index contributed by atoms with van der Waals surface area (Å²) in [4.78, 5) is 0. The van der Waals surface area contributed by atoms with E-state index in [4.69, 9.17) is 10.5 Å². The first-order valence-corrected chi connectivity index (χ1v) is 6.99. The minimum absolute atomic E-state index is 0.147. The van der Waals surface area contributed by atoms with Gasteiger partial charge in [0.25, 0.3) is 0 Å². The Morgan fingerprint density at radius 3 is 2.57 bits per heavy atom. The molecule has 0 saturated carbocycles. The van der Waals surface area contributed by atoms with Crippen LogP contribution in [0.25, 0.3) is 0 Å². The van der Waals surface area contributed by atoms with Gasteiger partial charge in [-0.15, -0.1) is 0 Å². The zero-order chi connectivity index (χ0) is 15.6. The molecular weight excluding hydrogens is 347 g/mol. The Hall–Kier alpha value is -1.53. The molecule has 2 N–H and O–H groups in total. The maximum absolute atomic E-state index is 13.8. The van der Waals surface area contributed by atoms with Gasteiger partial charge in [0.15, 0.2) is 0 Å². The lowest BCUT2D eigenvalue weighted by atomic mass is 10.1. The Morgan fingerprint density at radius 2 is 1.90 bits per heavy atom. The maximum Gasteiger partial charge on any atom is 0.146 e. The Balaban J connectivity index is 2.27. The van der Waals surface area contributed by atoms with Gasteiger partial charge in [-0.3, -0.25) is 0 Å². The zero-order valence-corrected chi connectivity index (χ0v) is 12.8. The Bertz CT molecular complexity index is 662. The fourth-order valence-electron chi connectivity index (χ4n) is 1.86. The number of hydrogen-bond donors (Lipinski definition) is 1. The summed E-state index contributed by atoms with van der Waals surface area (Å²) in [5.41, 5.74) is 5.97. The van der Waals surface area contributed by atoms with E-state index in [9.17, 15) is 13.2 Å². The SMILES string of the molecule is C[C@@H](N)c1cc(F)ccc1OCc1c(F)ccc(Br)c1F. The van der Waals surface area contributed by atoms with Crippen molar-refractivity contribution in [2.45, 2.75) is 19.6 Å². The molecule has 2 rings (SSSR count). The second-order valence-electron chi connectivity index (χ2n) is 4.58. The van der Waals surface area contributed by atoms with Crippen molar-refractivity contribution in [3.8, 4) is 5.75 Å². The second-order valence-corrected chi connectivity index (χ2v) is 5.44. The molecule has 0 radical (unpaired) electrons. The van der Waals surface area contributed by atoms with Crippen LogP contribution in [0.2, 0.25) is 0 Å². The van der Waals surface area contributed by atoms with Gasteiger partial charge in [-0.1, -0.05) is 0 Å². The van der Waals surface area contributed by atoms with Crippen molar-refractivity contribution >= 4 is 15.9 Å². The van der Waals surface area contributed by atoms with Gasteiger partial charge < -0.3 is 10.5 Å². The predicted molar refractivity (Wildman–Crippen MR) is 77.4 cm³/mol. The molecular formula is C15H13BrF3NO. The minimum atomic E-state index is -0.723. The molecule has 1 atom stereocenters. The molecule has 0 aliphatic rings. The summed E-state index contributed by atoms with van der Waals surface area (Å²) in [5, 5.41) is 0. The van der Waals surface area contributed by atoms with Gasteiger partial charge >= 0.3 is 0 Å². The van der Waals surface area contributed by atoms with Gasteiger partial charge in [0.05, 0.1) is 10.0 Å². The van der Waals surface area contributed by atoms with Crippen molar-refractivity contribution in [1.82, 2.24) is 0 Å². The average molecular weight is 360 g/mol. The van der Waals surface area contributed by atoms with Crippen molar-refractivity contribution in [2.24, 2.45) is 5.73 Å². The first kappa shape index (κ1) is 15.9. The van der Waals surface area contributed by atoms with Crippen LogP contribution in [0.1, 0.15) is 24.1 Å². The van der Waals surface area contributed by atoms with E-state index in [1.165, 1.54) is 24.3 Å².